The van der Waals surface area contributed by atoms with E-state index in [1.807, 2.05) is 6.92 Å². The molecule has 6 heteroatoms. The molecular weight excluding hydrogens is 258 g/mol. The van der Waals surface area contributed by atoms with Gasteiger partial charge < -0.3 is 10.2 Å². The van der Waals surface area contributed by atoms with Gasteiger partial charge in [-0.15, -0.1) is 6.42 Å². The maximum Gasteiger partial charge on any atom is 0.292 e. The molecule has 0 aliphatic rings. The lowest BCUT2D eigenvalue weighted by Gasteiger charge is -2.15. The number of carbonyl (C=O) groups excluding carboxylic acids is 1. The topological polar surface area (TPSA) is 75.5 Å². The smallest absolute Gasteiger partial charge is 0.292 e. The van der Waals surface area contributed by atoms with E-state index in [1.54, 1.807) is 14.1 Å². The van der Waals surface area contributed by atoms with Crippen molar-refractivity contribution in [2.24, 2.45) is 0 Å². The van der Waals surface area contributed by atoms with Crippen LogP contribution in [0.25, 0.3) is 0 Å². The molecule has 6 nitrogen and oxygen atoms in total. The fourth-order valence-electron chi connectivity index (χ4n) is 1.65. The van der Waals surface area contributed by atoms with Gasteiger partial charge in [-0.25, -0.2) is 0 Å². The molecule has 0 aliphatic carbocycles. The Morgan fingerprint density at radius 2 is 2.20 bits per heavy atom. The summed E-state index contributed by atoms with van der Waals surface area (Å²) in [5.41, 5.74) is 0.525. The Morgan fingerprint density at radius 3 is 2.65 bits per heavy atom. The number of nitro groups is 1. The Morgan fingerprint density at radius 1 is 1.55 bits per heavy atom. The van der Waals surface area contributed by atoms with Gasteiger partial charge in [0.05, 0.1) is 11.0 Å². The molecule has 106 valence electrons. The number of anilines is 1. The van der Waals surface area contributed by atoms with E-state index in [9.17, 15) is 14.9 Å². The van der Waals surface area contributed by atoms with Crippen LogP contribution < -0.4 is 5.32 Å². The fourth-order valence-corrected chi connectivity index (χ4v) is 1.65. The summed E-state index contributed by atoms with van der Waals surface area (Å²) in [5.74, 6) is 2.28. The Hall–Kier alpha value is -2.55. The third-order valence-electron chi connectivity index (χ3n) is 2.79. The molecule has 1 unspecified atom stereocenters. The van der Waals surface area contributed by atoms with Crippen molar-refractivity contribution in [3.05, 3.63) is 33.9 Å². The van der Waals surface area contributed by atoms with Crippen LogP contribution in [0.4, 0.5) is 11.4 Å². The largest absolute Gasteiger partial charge is 0.366 e. The van der Waals surface area contributed by atoms with Crippen LogP contribution >= 0.6 is 0 Å². The van der Waals surface area contributed by atoms with E-state index >= 15 is 0 Å². The molecule has 1 aromatic rings. The van der Waals surface area contributed by atoms with E-state index < -0.39 is 4.92 Å². The number of nitrogens with one attached hydrogen (secondary N) is 1. The first-order valence-corrected chi connectivity index (χ1v) is 6.13. The lowest BCUT2D eigenvalue weighted by Crippen LogP contribution is -2.22. The normalized spacial score (nSPS) is 11.3. The Balaban J connectivity index is 3.22. The molecule has 1 aromatic carbocycles. The molecule has 0 fully saturated rings. The second-order valence-electron chi connectivity index (χ2n) is 4.46. The van der Waals surface area contributed by atoms with Crippen LogP contribution in [0, 0.1) is 22.5 Å². The predicted molar refractivity (Wildman–Crippen MR) is 77.6 cm³/mol. The second-order valence-corrected chi connectivity index (χ2v) is 4.46. The minimum Gasteiger partial charge on any atom is -0.366 e. The molecule has 0 heterocycles. The van der Waals surface area contributed by atoms with Crippen LogP contribution in [0.1, 0.15) is 23.7 Å². The molecule has 0 radical (unpaired) electrons. The van der Waals surface area contributed by atoms with Crippen molar-refractivity contribution < 1.29 is 9.72 Å². The summed E-state index contributed by atoms with van der Waals surface area (Å²) < 4.78 is 0. The number of nitrogens with zero attached hydrogens (tertiary/aromatic N) is 2. The van der Waals surface area contributed by atoms with Gasteiger partial charge in [0, 0.05) is 25.7 Å². The lowest BCUT2D eigenvalue weighted by atomic mass is 10.1. The molecule has 0 aromatic heterocycles. The Kier molecular flexibility index (Phi) is 5.09. The van der Waals surface area contributed by atoms with Crippen molar-refractivity contribution in [2.45, 2.75) is 19.4 Å². The molecule has 20 heavy (non-hydrogen) atoms. The Labute approximate surface area is 117 Å². The summed E-state index contributed by atoms with van der Waals surface area (Å²) in [6.07, 6.45) is 5.97. The first kappa shape index (κ1) is 15.5. The highest BCUT2D eigenvalue weighted by molar-refractivity contribution is 5.95. The van der Waals surface area contributed by atoms with E-state index in [0.29, 0.717) is 12.0 Å². The fraction of sp³-hybridized carbons (Fsp3) is 0.357. The number of hydrogen-bond donors (Lipinski definition) is 1. The monoisotopic (exact) mass is 275 g/mol. The van der Waals surface area contributed by atoms with Gasteiger partial charge in [-0.1, -0.05) is 12.8 Å². The standard InChI is InChI=1S/C14H17N3O3/c1-5-11(6-2)15-12-9-10(14(18)16(3)4)7-8-13(12)17(19)20/h1,7-9,11,15H,6H2,2-4H3. The van der Waals surface area contributed by atoms with Gasteiger partial charge in [0.2, 0.25) is 0 Å². The number of amides is 1. The van der Waals surface area contributed by atoms with Crippen LogP contribution in [-0.4, -0.2) is 35.9 Å². The highest BCUT2D eigenvalue weighted by Gasteiger charge is 2.19. The third kappa shape index (κ3) is 3.48. The van der Waals surface area contributed by atoms with Gasteiger partial charge in [0.1, 0.15) is 5.69 Å². The van der Waals surface area contributed by atoms with Crippen molar-refractivity contribution in [1.82, 2.24) is 4.90 Å². The van der Waals surface area contributed by atoms with Gasteiger partial charge in [-0.3, -0.25) is 14.9 Å². The number of hydrogen-bond acceptors (Lipinski definition) is 4. The highest BCUT2D eigenvalue weighted by Crippen LogP contribution is 2.26. The van der Waals surface area contributed by atoms with E-state index in [1.165, 1.54) is 23.1 Å². The maximum absolute atomic E-state index is 11.9. The van der Waals surface area contributed by atoms with Gasteiger partial charge in [0.25, 0.3) is 11.6 Å². The van der Waals surface area contributed by atoms with Crippen molar-refractivity contribution in [1.29, 1.82) is 0 Å². The molecule has 0 bridgehead atoms. The van der Waals surface area contributed by atoms with Gasteiger partial charge in [-0.2, -0.15) is 0 Å². The summed E-state index contributed by atoms with van der Waals surface area (Å²) in [5, 5.41) is 13.9. The van der Waals surface area contributed by atoms with Crippen molar-refractivity contribution >= 4 is 17.3 Å². The lowest BCUT2D eigenvalue weighted by molar-refractivity contribution is -0.384. The van der Waals surface area contributed by atoms with Crippen molar-refractivity contribution in [3.8, 4) is 12.3 Å². The summed E-state index contributed by atoms with van der Waals surface area (Å²) in [6, 6.07) is 3.88. The van der Waals surface area contributed by atoms with Crippen LogP contribution in [-0.2, 0) is 0 Å². The Bertz CT molecular complexity index is 561. The molecule has 0 spiro atoms. The molecule has 0 aliphatic heterocycles. The van der Waals surface area contributed by atoms with Crippen LogP contribution in [0.3, 0.4) is 0 Å². The summed E-state index contributed by atoms with van der Waals surface area (Å²) in [6.45, 7) is 1.87. The zero-order valence-electron chi connectivity index (χ0n) is 11.7. The van der Waals surface area contributed by atoms with E-state index in [0.717, 1.165) is 0 Å². The molecular formula is C14H17N3O3. The average Bonchev–Trinajstić information content (AvgIpc) is 2.43. The van der Waals surface area contributed by atoms with Crippen molar-refractivity contribution in [2.75, 3.05) is 19.4 Å². The SMILES string of the molecule is C#CC(CC)Nc1cc(C(=O)N(C)C)ccc1[N+](=O)[O-]. The van der Waals surface area contributed by atoms with Crippen LogP contribution in [0.15, 0.2) is 18.2 Å². The molecule has 1 N–H and O–H groups in total. The summed E-state index contributed by atoms with van der Waals surface area (Å²) in [4.78, 5) is 23.8. The number of benzene rings is 1. The highest BCUT2D eigenvalue weighted by atomic mass is 16.6. The molecule has 1 rings (SSSR count). The van der Waals surface area contributed by atoms with Gasteiger partial charge in [0.15, 0.2) is 0 Å². The first-order chi connectivity index (χ1) is 9.40. The number of terminal acetylenes is 1. The minimum atomic E-state index is -0.504. The summed E-state index contributed by atoms with van der Waals surface area (Å²) >= 11 is 0. The molecule has 0 saturated heterocycles. The van der Waals surface area contributed by atoms with E-state index in [-0.39, 0.29) is 23.3 Å². The van der Waals surface area contributed by atoms with Gasteiger partial charge in [-0.05, 0) is 18.6 Å². The van der Waals surface area contributed by atoms with E-state index in [2.05, 4.69) is 11.2 Å². The quantitative estimate of drug-likeness (QED) is 0.507. The molecule has 0 saturated carbocycles. The maximum atomic E-state index is 11.9. The number of rotatable bonds is 5. The molecule has 1 atom stereocenters. The van der Waals surface area contributed by atoms with E-state index in [4.69, 9.17) is 6.42 Å². The van der Waals surface area contributed by atoms with Crippen LogP contribution in [0.2, 0.25) is 0 Å². The number of carbonyl (C=O) groups is 1. The van der Waals surface area contributed by atoms with Crippen LogP contribution in [0.5, 0.6) is 0 Å². The third-order valence-corrected chi connectivity index (χ3v) is 2.79. The minimum absolute atomic E-state index is 0.103. The second kappa shape index (κ2) is 6.57. The summed E-state index contributed by atoms with van der Waals surface area (Å²) in [7, 11) is 3.24. The zero-order valence-corrected chi connectivity index (χ0v) is 11.7. The first-order valence-electron chi connectivity index (χ1n) is 6.13. The van der Waals surface area contributed by atoms with Gasteiger partial charge >= 0.3 is 0 Å². The van der Waals surface area contributed by atoms with Crippen molar-refractivity contribution in [3.63, 3.8) is 0 Å². The molecule has 1 amide bonds. The predicted octanol–water partition coefficient (Wildman–Crippen LogP) is 2.12. The zero-order chi connectivity index (χ0) is 15.3. The average molecular weight is 275 g/mol. The number of nitro benzene ring substituents is 1.